The van der Waals surface area contributed by atoms with Gasteiger partial charge in [-0.25, -0.2) is 4.98 Å². The number of aromatic nitrogens is 1. The quantitative estimate of drug-likeness (QED) is 0.840. The highest BCUT2D eigenvalue weighted by Crippen LogP contribution is 2.35. The van der Waals surface area contributed by atoms with Gasteiger partial charge in [0.25, 0.3) is 0 Å². The molecule has 0 spiro atoms. The smallest absolute Gasteiger partial charge is 0.145 e. The molecule has 1 aromatic carbocycles. The monoisotopic (exact) mass is 331 g/mol. The van der Waals surface area contributed by atoms with Crippen molar-refractivity contribution in [1.29, 1.82) is 0 Å². The van der Waals surface area contributed by atoms with Gasteiger partial charge in [-0.2, -0.15) is 0 Å². The van der Waals surface area contributed by atoms with E-state index >= 15 is 0 Å². The first-order chi connectivity index (χ1) is 11.3. The number of methoxy groups -OCH3 is 2. The van der Waals surface area contributed by atoms with Gasteiger partial charge in [0.15, 0.2) is 0 Å². The number of benzene rings is 1. The van der Waals surface area contributed by atoms with Gasteiger partial charge in [-0.1, -0.05) is 13.8 Å². The highest BCUT2D eigenvalue weighted by molar-refractivity contribution is 5.94. The third-order valence-corrected chi connectivity index (χ3v) is 4.01. The van der Waals surface area contributed by atoms with Crippen molar-refractivity contribution in [2.75, 3.05) is 46.7 Å². The van der Waals surface area contributed by atoms with Crippen LogP contribution in [0, 0.1) is 12.3 Å². The second kappa shape index (κ2) is 7.26. The van der Waals surface area contributed by atoms with Gasteiger partial charge in [0, 0.05) is 18.5 Å². The summed E-state index contributed by atoms with van der Waals surface area (Å²) in [5, 5.41) is 4.47. The summed E-state index contributed by atoms with van der Waals surface area (Å²) in [5.74, 6) is 2.43. The molecule has 2 rings (SSSR count). The maximum atomic E-state index is 5.48. The minimum Gasteiger partial charge on any atom is -0.496 e. The van der Waals surface area contributed by atoms with Crippen LogP contribution >= 0.6 is 0 Å². The molecule has 5 heteroatoms. The molecule has 1 N–H and O–H groups in total. The number of ether oxygens (including phenoxy) is 2. The lowest BCUT2D eigenvalue weighted by Gasteiger charge is -2.28. The molecule has 1 heterocycles. The van der Waals surface area contributed by atoms with Crippen molar-refractivity contribution in [1.82, 2.24) is 9.88 Å². The second-order valence-corrected chi connectivity index (χ2v) is 7.27. The number of rotatable bonds is 7. The molecule has 0 fully saturated rings. The van der Waals surface area contributed by atoms with Crippen LogP contribution in [-0.2, 0) is 0 Å². The molecule has 0 bridgehead atoms. The van der Waals surface area contributed by atoms with E-state index in [9.17, 15) is 0 Å². The fourth-order valence-electron chi connectivity index (χ4n) is 3.14. The molecule has 0 aliphatic carbocycles. The second-order valence-electron chi connectivity index (χ2n) is 7.27. The number of nitrogens with zero attached hydrogens (tertiary/aromatic N) is 2. The molecule has 1 aromatic heterocycles. The number of fused-ring (bicyclic) bond motifs is 1. The Bertz CT molecular complexity index is 711. The van der Waals surface area contributed by atoms with Crippen LogP contribution in [0.1, 0.15) is 19.4 Å². The molecule has 132 valence electrons. The molecule has 0 saturated heterocycles. The summed E-state index contributed by atoms with van der Waals surface area (Å²) in [7, 11) is 7.53. The normalized spacial score (nSPS) is 11.8. The van der Waals surface area contributed by atoms with Crippen LogP contribution in [0.4, 0.5) is 5.82 Å². The Morgan fingerprint density at radius 3 is 2.33 bits per heavy atom. The zero-order chi connectivity index (χ0) is 17.9. The highest BCUT2D eigenvalue weighted by Gasteiger charge is 2.19. The average molecular weight is 331 g/mol. The van der Waals surface area contributed by atoms with E-state index < -0.39 is 0 Å². The van der Waals surface area contributed by atoms with Gasteiger partial charge in [-0.15, -0.1) is 0 Å². The van der Waals surface area contributed by atoms with E-state index in [2.05, 4.69) is 51.1 Å². The largest absolute Gasteiger partial charge is 0.496 e. The summed E-state index contributed by atoms with van der Waals surface area (Å²) >= 11 is 0. The summed E-state index contributed by atoms with van der Waals surface area (Å²) in [6, 6.07) is 5.88. The van der Waals surface area contributed by atoms with Crippen molar-refractivity contribution in [3.05, 3.63) is 23.8 Å². The lowest BCUT2D eigenvalue weighted by molar-refractivity contribution is 0.254. The average Bonchev–Trinajstić information content (AvgIpc) is 2.50. The fourth-order valence-corrected chi connectivity index (χ4v) is 3.14. The summed E-state index contributed by atoms with van der Waals surface area (Å²) in [4.78, 5) is 6.97. The molecule has 0 unspecified atom stereocenters. The van der Waals surface area contributed by atoms with E-state index in [0.717, 1.165) is 46.9 Å². The summed E-state index contributed by atoms with van der Waals surface area (Å²) in [5.41, 5.74) is 2.08. The van der Waals surface area contributed by atoms with Crippen molar-refractivity contribution in [3.8, 4) is 11.5 Å². The van der Waals surface area contributed by atoms with Gasteiger partial charge < -0.3 is 19.7 Å². The van der Waals surface area contributed by atoms with Gasteiger partial charge in [-0.05, 0) is 50.2 Å². The molecule has 0 atom stereocenters. The van der Waals surface area contributed by atoms with E-state index in [0.29, 0.717) is 0 Å². The van der Waals surface area contributed by atoms with E-state index in [1.807, 2.05) is 12.1 Å². The lowest BCUT2D eigenvalue weighted by atomic mass is 9.93. The van der Waals surface area contributed by atoms with E-state index in [-0.39, 0.29) is 5.41 Å². The fraction of sp³-hybridized carbons (Fsp3) is 0.526. The number of hydrogen-bond donors (Lipinski definition) is 1. The molecule has 0 aliphatic rings. The standard InChI is InChI=1S/C19H29N3O2/c1-13-10-16(20-11-19(2,3)12-22(4)5)21-18-15(24-7)9-8-14(23-6)17(13)18/h8-10H,11-12H2,1-7H3,(H,20,21). The minimum atomic E-state index is 0.145. The van der Waals surface area contributed by atoms with Crippen LogP contribution in [0.3, 0.4) is 0 Å². The summed E-state index contributed by atoms with van der Waals surface area (Å²) in [6.45, 7) is 8.41. The predicted octanol–water partition coefficient (Wildman–Crippen LogP) is 3.56. The molecular formula is C19H29N3O2. The van der Waals surface area contributed by atoms with Crippen molar-refractivity contribution in [2.45, 2.75) is 20.8 Å². The first kappa shape index (κ1) is 18.3. The number of anilines is 1. The van der Waals surface area contributed by atoms with Crippen molar-refractivity contribution in [3.63, 3.8) is 0 Å². The van der Waals surface area contributed by atoms with Crippen LogP contribution in [0.5, 0.6) is 11.5 Å². The minimum absolute atomic E-state index is 0.145. The SMILES string of the molecule is COc1ccc(OC)c2c(C)cc(NCC(C)(C)CN(C)C)nc12. The van der Waals surface area contributed by atoms with Crippen molar-refractivity contribution in [2.24, 2.45) is 5.41 Å². The zero-order valence-electron chi connectivity index (χ0n) is 15.9. The molecule has 2 aromatic rings. The Kier molecular flexibility index (Phi) is 5.54. The van der Waals surface area contributed by atoms with Gasteiger partial charge in [0.05, 0.1) is 14.2 Å². The molecule has 24 heavy (non-hydrogen) atoms. The molecule has 5 nitrogen and oxygen atoms in total. The van der Waals surface area contributed by atoms with Gasteiger partial charge >= 0.3 is 0 Å². The van der Waals surface area contributed by atoms with Crippen LogP contribution < -0.4 is 14.8 Å². The number of nitrogens with one attached hydrogen (secondary N) is 1. The van der Waals surface area contributed by atoms with Crippen molar-refractivity contribution >= 4 is 16.7 Å². The van der Waals surface area contributed by atoms with Crippen LogP contribution in [-0.4, -0.2) is 51.3 Å². The van der Waals surface area contributed by atoms with Gasteiger partial charge in [0.1, 0.15) is 22.8 Å². The van der Waals surface area contributed by atoms with Crippen LogP contribution in [0.15, 0.2) is 18.2 Å². The highest BCUT2D eigenvalue weighted by atomic mass is 16.5. The Hall–Kier alpha value is -2.01. The summed E-state index contributed by atoms with van der Waals surface area (Å²) in [6.07, 6.45) is 0. The van der Waals surface area contributed by atoms with Crippen LogP contribution in [0.2, 0.25) is 0 Å². The van der Waals surface area contributed by atoms with Crippen LogP contribution in [0.25, 0.3) is 10.9 Å². The molecular weight excluding hydrogens is 302 g/mol. The first-order valence-electron chi connectivity index (χ1n) is 8.18. The van der Waals surface area contributed by atoms with E-state index in [1.165, 1.54) is 0 Å². The maximum absolute atomic E-state index is 5.48. The number of pyridine rings is 1. The number of hydrogen-bond acceptors (Lipinski definition) is 5. The van der Waals surface area contributed by atoms with Crippen molar-refractivity contribution < 1.29 is 9.47 Å². The summed E-state index contributed by atoms with van der Waals surface area (Å²) < 4.78 is 11.0. The maximum Gasteiger partial charge on any atom is 0.145 e. The molecule has 0 aliphatic heterocycles. The van der Waals surface area contributed by atoms with E-state index in [1.54, 1.807) is 14.2 Å². The zero-order valence-corrected chi connectivity index (χ0v) is 15.9. The van der Waals surface area contributed by atoms with Gasteiger partial charge in [-0.3, -0.25) is 0 Å². The topological polar surface area (TPSA) is 46.6 Å². The third-order valence-electron chi connectivity index (χ3n) is 4.01. The Morgan fingerprint density at radius 1 is 1.12 bits per heavy atom. The van der Waals surface area contributed by atoms with Gasteiger partial charge in [0.2, 0.25) is 0 Å². The molecule has 0 amide bonds. The predicted molar refractivity (Wildman–Crippen MR) is 100 cm³/mol. The Morgan fingerprint density at radius 2 is 1.75 bits per heavy atom. The lowest BCUT2D eigenvalue weighted by Crippen LogP contribution is -2.34. The molecule has 0 radical (unpaired) electrons. The number of aryl methyl sites for hydroxylation is 1. The third kappa shape index (κ3) is 4.09. The Labute approximate surface area is 145 Å². The molecule has 0 saturated carbocycles. The first-order valence-corrected chi connectivity index (χ1v) is 8.18. The Balaban J connectivity index is 2.36. The van der Waals surface area contributed by atoms with E-state index in [4.69, 9.17) is 14.5 Å².